The first kappa shape index (κ1) is 23.5. The third-order valence-corrected chi connectivity index (χ3v) is 6.35. The predicted molar refractivity (Wildman–Crippen MR) is 124 cm³/mol. The molecule has 0 saturated carbocycles. The molecule has 2 aromatic carbocycles. The average molecular weight is 436 g/mol. The molecule has 1 radical (unpaired) electrons. The lowest BCUT2D eigenvalue weighted by Crippen LogP contribution is -2.74. The zero-order valence-electron chi connectivity index (χ0n) is 19.3. The largest absolute Gasteiger partial charge is 0.469 e. The Morgan fingerprint density at radius 1 is 1.06 bits per heavy atom. The lowest BCUT2D eigenvalue weighted by Gasteiger charge is -2.54. The van der Waals surface area contributed by atoms with Crippen molar-refractivity contribution in [3.05, 3.63) is 59.7 Å². The van der Waals surface area contributed by atoms with Crippen LogP contribution in [0.15, 0.2) is 48.5 Å². The molecule has 1 atom stereocenters. The van der Waals surface area contributed by atoms with Gasteiger partial charge in [0.15, 0.2) is 6.23 Å². The van der Waals surface area contributed by atoms with Gasteiger partial charge in [0, 0.05) is 17.8 Å². The number of carbonyl (C=O) groups is 2. The summed E-state index contributed by atoms with van der Waals surface area (Å²) in [6.45, 7) is 8.47. The minimum absolute atomic E-state index is 0.205. The van der Waals surface area contributed by atoms with Crippen molar-refractivity contribution < 1.29 is 19.1 Å². The van der Waals surface area contributed by atoms with Crippen molar-refractivity contribution in [2.45, 2.75) is 59.6 Å². The average Bonchev–Trinajstić information content (AvgIpc) is 2.81. The highest BCUT2D eigenvalue weighted by Gasteiger charge is 2.63. The van der Waals surface area contributed by atoms with Crippen LogP contribution in [0.5, 0.6) is 5.75 Å². The first-order valence-corrected chi connectivity index (χ1v) is 11.3. The highest BCUT2D eigenvalue weighted by molar-refractivity contribution is 6.08. The lowest BCUT2D eigenvalue weighted by molar-refractivity contribution is -0.190. The highest BCUT2D eigenvalue weighted by atomic mass is 16.5. The van der Waals surface area contributed by atoms with Crippen molar-refractivity contribution in [3.8, 4) is 5.75 Å². The lowest BCUT2D eigenvalue weighted by atomic mass is 9.72. The number of likely N-dealkylation sites (tertiary alicyclic amines) is 1. The Morgan fingerprint density at radius 3 is 2.22 bits per heavy atom. The molecule has 6 heteroatoms. The Bertz CT molecular complexity index is 949. The smallest absolute Gasteiger partial charge is 0.334 e. The zero-order valence-corrected chi connectivity index (χ0v) is 19.3. The quantitative estimate of drug-likeness (QED) is 0.506. The molecule has 32 heavy (non-hydrogen) atoms. The van der Waals surface area contributed by atoms with E-state index in [1.165, 1.54) is 4.90 Å². The van der Waals surface area contributed by atoms with Gasteiger partial charge < -0.3 is 4.74 Å². The fourth-order valence-corrected chi connectivity index (χ4v) is 4.12. The van der Waals surface area contributed by atoms with E-state index >= 15 is 0 Å². The SMILES string of the molecule is CCCCN(C(=O)N1C(=O)C(CC)(CC)[C@@H]1Oc1ccc([C]=O)cc1)c1ccc(C)cc1. The second kappa shape index (κ2) is 9.98. The number of aryl methyl sites for hydroxylation is 1. The van der Waals surface area contributed by atoms with Crippen LogP contribution in [-0.4, -0.2) is 35.9 Å². The van der Waals surface area contributed by atoms with Gasteiger partial charge in [0.05, 0.1) is 0 Å². The van der Waals surface area contributed by atoms with E-state index in [0.717, 1.165) is 24.1 Å². The predicted octanol–water partition coefficient (Wildman–Crippen LogP) is 5.23. The van der Waals surface area contributed by atoms with Gasteiger partial charge in [0.1, 0.15) is 11.2 Å². The van der Waals surface area contributed by atoms with Crippen molar-refractivity contribution in [1.82, 2.24) is 4.90 Å². The Hall–Kier alpha value is -3.15. The molecule has 0 aromatic heterocycles. The van der Waals surface area contributed by atoms with Crippen LogP contribution in [0.3, 0.4) is 0 Å². The summed E-state index contributed by atoms with van der Waals surface area (Å²) in [6, 6.07) is 13.9. The summed E-state index contributed by atoms with van der Waals surface area (Å²) in [5, 5.41) is 0. The minimum atomic E-state index is -0.755. The second-order valence-electron chi connectivity index (χ2n) is 8.26. The fraction of sp³-hybridized carbons (Fsp3) is 0.423. The summed E-state index contributed by atoms with van der Waals surface area (Å²) in [5.41, 5.74) is 1.52. The second-order valence-corrected chi connectivity index (χ2v) is 8.26. The third kappa shape index (κ3) is 4.27. The molecule has 0 bridgehead atoms. The van der Waals surface area contributed by atoms with Gasteiger partial charge >= 0.3 is 6.03 Å². The summed E-state index contributed by atoms with van der Waals surface area (Å²) >= 11 is 0. The van der Waals surface area contributed by atoms with Crippen molar-refractivity contribution >= 4 is 23.9 Å². The molecule has 1 aliphatic heterocycles. The maximum Gasteiger partial charge on any atom is 0.334 e. The van der Waals surface area contributed by atoms with E-state index < -0.39 is 11.6 Å². The van der Waals surface area contributed by atoms with Gasteiger partial charge in [-0.05, 0) is 62.6 Å². The Labute approximate surface area is 190 Å². The Kier molecular flexibility index (Phi) is 7.33. The number of urea groups is 1. The van der Waals surface area contributed by atoms with Gasteiger partial charge in [0.25, 0.3) is 0 Å². The summed E-state index contributed by atoms with van der Waals surface area (Å²) < 4.78 is 6.19. The molecule has 1 aliphatic rings. The zero-order chi connectivity index (χ0) is 23.3. The van der Waals surface area contributed by atoms with E-state index in [-0.39, 0.29) is 11.9 Å². The highest BCUT2D eigenvalue weighted by Crippen LogP contribution is 2.46. The van der Waals surface area contributed by atoms with Gasteiger partial charge in [-0.2, -0.15) is 0 Å². The number of carbonyl (C=O) groups excluding carboxylic acids is 3. The number of anilines is 1. The number of ether oxygens (including phenoxy) is 1. The molecule has 2 aromatic rings. The summed E-state index contributed by atoms with van der Waals surface area (Å²) in [7, 11) is 0. The topological polar surface area (TPSA) is 66.9 Å². The number of imide groups is 1. The maximum atomic E-state index is 13.6. The summed E-state index contributed by atoms with van der Waals surface area (Å²) in [6.07, 6.45) is 4.01. The first-order chi connectivity index (χ1) is 15.4. The molecule has 169 valence electrons. The van der Waals surface area contributed by atoms with E-state index in [2.05, 4.69) is 6.92 Å². The van der Waals surface area contributed by atoms with Crippen molar-refractivity contribution in [2.75, 3.05) is 11.4 Å². The molecule has 0 unspecified atom stereocenters. The summed E-state index contributed by atoms with van der Waals surface area (Å²) in [5.74, 6) is 0.296. The summed E-state index contributed by atoms with van der Waals surface area (Å²) in [4.78, 5) is 40.7. The first-order valence-electron chi connectivity index (χ1n) is 11.3. The number of unbranched alkanes of at least 4 members (excludes halogenated alkanes) is 1. The molecule has 1 heterocycles. The van der Waals surface area contributed by atoms with Crippen molar-refractivity contribution in [2.24, 2.45) is 5.41 Å². The van der Waals surface area contributed by atoms with Gasteiger partial charge in [-0.25, -0.2) is 9.69 Å². The van der Waals surface area contributed by atoms with Crippen LogP contribution in [0.4, 0.5) is 10.5 Å². The Balaban J connectivity index is 1.93. The standard InChI is InChI=1S/C26H31N2O4/c1-5-8-17-27(21-13-9-19(4)10-14-21)25(31)28-23(30)26(6-2,7-3)24(28)32-22-15-11-20(18-29)12-16-22/h9-16,24H,5-8,17H2,1-4H3/t24-/m0/s1. The fourth-order valence-electron chi connectivity index (χ4n) is 4.12. The molecular weight excluding hydrogens is 404 g/mol. The van der Waals surface area contributed by atoms with Gasteiger partial charge in [-0.15, -0.1) is 0 Å². The normalized spacial score (nSPS) is 16.9. The molecule has 1 saturated heterocycles. The molecule has 6 nitrogen and oxygen atoms in total. The van der Waals surface area contributed by atoms with Crippen LogP contribution in [0.25, 0.3) is 0 Å². The van der Waals surface area contributed by atoms with E-state index in [1.54, 1.807) is 29.2 Å². The van der Waals surface area contributed by atoms with Crippen molar-refractivity contribution in [1.29, 1.82) is 0 Å². The van der Waals surface area contributed by atoms with Crippen LogP contribution in [-0.2, 0) is 9.59 Å². The van der Waals surface area contributed by atoms with Gasteiger partial charge in [-0.1, -0.05) is 44.9 Å². The van der Waals surface area contributed by atoms with Crippen molar-refractivity contribution in [3.63, 3.8) is 0 Å². The number of β-lactam (4-membered cyclic amide) rings is 1. The van der Waals surface area contributed by atoms with Gasteiger partial charge in [-0.3, -0.25) is 14.5 Å². The third-order valence-electron chi connectivity index (χ3n) is 6.35. The maximum absolute atomic E-state index is 13.6. The number of nitrogens with zero attached hydrogens (tertiary/aromatic N) is 2. The molecule has 3 rings (SSSR count). The van der Waals surface area contributed by atoms with E-state index in [1.807, 2.05) is 51.3 Å². The van der Waals surface area contributed by atoms with Crippen LogP contribution in [0.2, 0.25) is 0 Å². The number of benzene rings is 2. The molecule has 3 amide bonds. The van der Waals surface area contributed by atoms with E-state index in [9.17, 15) is 14.4 Å². The number of hydrogen-bond donors (Lipinski definition) is 0. The molecule has 0 spiro atoms. The number of amides is 3. The molecular formula is C26H31N2O4. The number of rotatable bonds is 9. The Morgan fingerprint density at radius 2 is 1.69 bits per heavy atom. The monoisotopic (exact) mass is 435 g/mol. The minimum Gasteiger partial charge on any atom is -0.469 e. The van der Waals surface area contributed by atoms with Crippen LogP contribution in [0.1, 0.15) is 57.6 Å². The van der Waals surface area contributed by atoms with Crippen LogP contribution >= 0.6 is 0 Å². The molecule has 1 fully saturated rings. The van der Waals surface area contributed by atoms with Gasteiger partial charge in [0.2, 0.25) is 12.2 Å². The van der Waals surface area contributed by atoms with E-state index in [0.29, 0.717) is 30.7 Å². The van der Waals surface area contributed by atoms with Crippen LogP contribution in [0, 0.1) is 12.3 Å². The molecule has 0 N–H and O–H groups in total. The molecule has 0 aliphatic carbocycles. The van der Waals surface area contributed by atoms with Crippen LogP contribution < -0.4 is 9.64 Å². The number of hydrogen-bond acceptors (Lipinski definition) is 4. The van der Waals surface area contributed by atoms with E-state index in [4.69, 9.17) is 4.74 Å².